The van der Waals surface area contributed by atoms with Crippen LogP contribution < -0.4 is 11.1 Å². The topological polar surface area (TPSA) is 78.6 Å². The SMILES string of the molecule is BCCCCC(N)(C(=O)O)C1CCN(C(=S)Nc2ccc(C)c(Cl)c2)CC1. The number of hydrogen-bond acceptors (Lipinski definition) is 3. The molecule has 1 unspecified atom stereocenters. The minimum Gasteiger partial charge on any atom is -0.480 e. The van der Waals surface area contributed by atoms with Gasteiger partial charge in [-0.05, 0) is 62.0 Å². The average molecular weight is 410 g/mol. The Bertz CT molecular complexity index is 683. The van der Waals surface area contributed by atoms with Crippen LogP contribution in [0.3, 0.4) is 0 Å². The first-order valence-corrected chi connectivity index (χ1v) is 10.4. The van der Waals surface area contributed by atoms with Gasteiger partial charge in [0.25, 0.3) is 0 Å². The molecular formula is C19H29BClN3O2S. The molecule has 2 rings (SSSR count). The number of carbonyl (C=O) groups is 1. The molecule has 1 aliphatic heterocycles. The summed E-state index contributed by atoms with van der Waals surface area (Å²) in [5, 5.41) is 14.3. The second-order valence-electron chi connectivity index (χ2n) is 7.46. The highest BCUT2D eigenvalue weighted by Crippen LogP contribution is 2.31. The van der Waals surface area contributed by atoms with Crippen LogP contribution in [-0.4, -0.2) is 47.6 Å². The Morgan fingerprint density at radius 2 is 2.11 bits per heavy atom. The van der Waals surface area contributed by atoms with Crippen molar-refractivity contribution in [3.8, 4) is 0 Å². The van der Waals surface area contributed by atoms with E-state index in [0.717, 1.165) is 43.3 Å². The first-order valence-electron chi connectivity index (χ1n) is 9.62. The van der Waals surface area contributed by atoms with Crippen molar-refractivity contribution in [3.05, 3.63) is 28.8 Å². The number of likely N-dealkylation sites (tertiary alicyclic amines) is 1. The van der Waals surface area contributed by atoms with Crippen LogP contribution in [0.5, 0.6) is 0 Å². The molecule has 1 aliphatic rings. The first-order chi connectivity index (χ1) is 12.8. The van der Waals surface area contributed by atoms with Gasteiger partial charge in [-0.3, -0.25) is 4.79 Å². The average Bonchev–Trinajstić information content (AvgIpc) is 2.64. The maximum absolute atomic E-state index is 11.8. The van der Waals surface area contributed by atoms with Gasteiger partial charge in [0.2, 0.25) is 0 Å². The van der Waals surface area contributed by atoms with Crippen molar-refractivity contribution in [1.29, 1.82) is 0 Å². The van der Waals surface area contributed by atoms with E-state index in [4.69, 9.17) is 29.6 Å². The van der Waals surface area contributed by atoms with E-state index in [9.17, 15) is 9.90 Å². The Morgan fingerprint density at radius 1 is 1.44 bits per heavy atom. The second kappa shape index (κ2) is 9.76. The molecular weight excluding hydrogens is 381 g/mol. The van der Waals surface area contributed by atoms with E-state index in [-0.39, 0.29) is 5.92 Å². The van der Waals surface area contributed by atoms with Gasteiger partial charge in [-0.1, -0.05) is 36.8 Å². The van der Waals surface area contributed by atoms with Crippen molar-refractivity contribution in [2.45, 2.75) is 50.9 Å². The number of piperidine rings is 1. The predicted molar refractivity (Wildman–Crippen MR) is 118 cm³/mol. The van der Waals surface area contributed by atoms with Crippen molar-refractivity contribution in [2.24, 2.45) is 11.7 Å². The van der Waals surface area contributed by atoms with Gasteiger partial charge >= 0.3 is 5.97 Å². The van der Waals surface area contributed by atoms with Gasteiger partial charge in [0.1, 0.15) is 13.4 Å². The number of rotatable bonds is 7. The minimum absolute atomic E-state index is 0.0280. The highest BCUT2D eigenvalue weighted by molar-refractivity contribution is 7.80. The molecule has 0 radical (unpaired) electrons. The zero-order chi connectivity index (χ0) is 20.0. The Morgan fingerprint density at radius 3 is 2.67 bits per heavy atom. The number of hydrogen-bond donors (Lipinski definition) is 3. The van der Waals surface area contributed by atoms with Gasteiger partial charge < -0.3 is 21.1 Å². The Hall–Kier alpha value is -1.31. The third-order valence-corrected chi connectivity index (χ3v) is 6.29. The Kier molecular flexibility index (Phi) is 7.95. The number of halogens is 1. The lowest BCUT2D eigenvalue weighted by Crippen LogP contribution is -2.57. The molecule has 4 N–H and O–H groups in total. The molecule has 1 saturated heterocycles. The van der Waals surface area contributed by atoms with Crippen molar-refractivity contribution >= 4 is 48.4 Å². The molecule has 1 atom stereocenters. The number of carboxylic acids is 1. The fraction of sp³-hybridized carbons (Fsp3) is 0.579. The van der Waals surface area contributed by atoms with Crippen molar-refractivity contribution in [2.75, 3.05) is 18.4 Å². The number of aryl methyl sites for hydroxylation is 1. The molecule has 148 valence electrons. The van der Waals surface area contributed by atoms with E-state index < -0.39 is 11.5 Å². The van der Waals surface area contributed by atoms with Crippen LogP contribution in [0.25, 0.3) is 0 Å². The summed E-state index contributed by atoms with van der Waals surface area (Å²) < 4.78 is 0. The third kappa shape index (κ3) is 5.59. The van der Waals surface area contributed by atoms with Crippen molar-refractivity contribution in [1.82, 2.24) is 4.90 Å². The molecule has 0 saturated carbocycles. The van der Waals surface area contributed by atoms with E-state index >= 15 is 0 Å². The number of nitrogens with two attached hydrogens (primary N) is 1. The molecule has 1 fully saturated rings. The summed E-state index contributed by atoms with van der Waals surface area (Å²) in [6.45, 7) is 3.36. The van der Waals surface area contributed by atoms with Crippen molar-refractivity contribution < 1.29 is 9.90 Å². The number of nitrogens with one attached hydrogen (secondary N) is 1. The lowest BCUT2D eigenvalue weighted by molar-refractivity contribution is -0.146. The van der Waals surface area contributed by atoms with Crippen LogP contribution in [0.15, 0.2) is 18.2 Å². The fourth-order valence-corrected chi connectivity index (χ4v) is 4.11. The molecule has 0 amide bonds. The van der Waals surface area contributed by atoms with Gasteiger partial charge in [-0.15, -0.1) is 0 Å². The van der Waals surface area contributed by atoms with E-state index in [1.54, 1.807) is 0 Å². The number of unbranched alkanes of at least 4 members (excludes halogenated alkanes) is 1. The highest BCUT2D eigenvalue weighted by Gasteiger charge is 2.43. The lowest BCUT2D eigenvalue weighted by Gasteiger charge is -2.40. The Labute approximate surface area is 173 Å². The van der Waals surface area contributed by atoms with E-state index in [1.165, 1.54) is 0 Å². The van der Waals surface area contributed by atoms with E-state index in [2.05, 4.69) is 18.1 Å². The molecule has 27 heavy (non-hydrogen) atoms. The van der Waals surface area contributed by atoms with Gasteiger partial charge in [-0.25, -0.2) is 0 Å². The maximum Gasteiger partial charge on any atom is 0.323 e. The van der Waals surface area contributed by atoms with E-state index in [1.807, 2.05) is 25.1 Å². The summed E-state index contributed by atoms with van der Waals surface area (Å²) in [4.78, 5) is 13.9. The summed E-state index contributed by atoms with van der Waals surface area (Å²) in [5.41, 5.74) is 7.09. The number of benzene rings is 1. The largest absolute Gasteiger partial charge is 0.480 e. The quantitative estimate of drug-likeness (QED) is 0.365. The summed E-state index contributed by atoms with van der Waals surface area (Å²) in [6.07, 6.45) is 4.91. The van der Waals surface area contributed by atoms with Gasteiger partial charge in [-0.2, -0.15) is 0 Å². The second-order valence-corrected chi connectivity index (χ2v) is 8.25. The number of thiocarbonyl (C=S) groups is 1. The minimum atomic E-state index is -1.14. The zero-order valence-electron chi connectivity index (χ0n) is 16.1. The van der Waals surface area contributed by atoms with Gasteiger partial charge in [0.05, 0.1) is 0 Å². The molecule has 0 aliphatic carbocycles. The Balaban J connectivity index is 1.93. The molecule has 0 aromatic heterocycles. The summed E-state index contributed by atoms with van der Waals surface area (Å²) in [7, 11) is 2.10. The molecule has 5 nitrogen and oxygen atoms in total. The van der Waals surface area contributed by atoms with E-state index in [0.29, 0.717) is 29.6 Å². The number of carboxylic acid groups (broad SMARTS) is 1. The number of aliphatic carboxylic acids is 1. The van der Waals surface area contributed by atoms with Crippen LogP contribution in [-0.2, 0) is 4.79 Å². The summed E-state index contributed by atoms with van der Waals surface area (Å²) in [5.74, 6) is -0.910. The first kappa shape index (κ1) is 22.0. The van der Waals surface area contributed by atoms with Crippen LogP contribution in [0.4, 0.5) is 5.69 Å². The maximum atomic E-state index is 11.8. The zero-order valence-corrected chi connectivity index (χ0v) is 17.7. The number of nitrogens with zero attached hydrogens (tertiary/aromatic N) is 1. The van der Waals surface area contributed by atoms with Crippen LogP contribution >= 0.6 is 23.8 Å². The summed E-state index contributed by atoms with van der Waals surface area (Å²) in [6, 6.07) is 5.76. The molecule has 1 aromatic rings. The summed E-state index contributed by atoms with van der Waals surface area (Å²) >= 11 is 11.7. The van der Waals surface area contributed by atoms with Crippen LogP contribution in [0, 0.1) is 12.8 Å². The molecule has 0 bridgehead atoms. The van der Waals surface area contributed by atoms with Crippen LogP contribution in [0.2, 0.25) is 11.3 Å². The highest BCUT2D eigenvalue weighted by atomic mass is 35.5. The predicted octanol–water partition coefficient (Wildman–Crippen LogP) is 3.06. The monoisotopic (exact) mass is 409 g/mol. The third-order valence-electron chi connectivity index (χ3n) is 5.53. The fourth-order valence-electron chi connectivity index (χ4n) is 3.62. The smallest absolute Gasteiger partial charge is 0.323 e. The normalized spacial score (nSPS) is 17.4. The lowest BCUT2D eigenvalue weighted by atomic mass is 9.75. The molecule has 1 aromatic carbocycles. The number of anilines is 1. The molecule has 1 heterocycles. The van der Waals surface area contributed by atoms with Crippen LogP contribution in [0.1, 0.15) is 37.7 Å². The van der Waals surface area contributed by atoms with Gasteiger partial charge in [0.15, 0.2) is 5.11 Å². The standard InChI is InChI=1S/C19H29BClN3O2S/c1-13-4-5-15(12-16(13)21)23-18(27)24-10-6-14(7-11-24)19(22,17(25)26)8-2-3-9-20/h4-5,12,14H,2-3,6-11,20,22H2,1H3,(H,23,27)(H,25,26). The molecule has 0 spiro atoms. The molecule has 8 heteroatoms. The van der Waals surface area contributed by atoms with Gasteiger partial charge in [0, 0.05) is 23.8 Å². The van der Waals surface area contributed by atoms with Crippen molar-refractivity contribution in [3.63, 3.8) is 0 Å².